The summed E-state index contributed by atoms with van der Waals surface area (Å²) in [6.07, 6.45) is 5.73. The minimum atomic E-state index is -0.596. The molecule has 2 saturated heterocycles. The number of aromatic nitrogens is 2. The second kappa shape index (κ2) is 16.3. The lowest BCUT2D eigenvalue weighted by Gasteiger charge is -2.39. The number of piperidine rings is 1. The third kappa shape index (κ3) is 8.64. The van der Waals surface area contributed by atoms with E-state index in [2.05, 4.69) is 57.9 Å². The maximum absolute atomic E-state index is 13.5. The van der Waals surface area contributed by atoms with Gasteiger partial charge in [-0.1, -0.05) is 61.3 Å². The topological polar surface area (TPSA) is 151 Å². The molecule has 2 fully saturated rings. The van der Waals surface area contributed by atoms with Crippen molar-refractivity contribution in [1.82, 2.24) is 30.4 Å². The number of H-pyrrole nitrogens is 1. The van der Waals surface area contributed by atoms with Crippen molar-refractivity contribution >= 4 is 46.1 Å². The molecule has 49 heavy (non-hydrogen) atoms. The number of carbonyl (C=O) groups is 4. The molecule has 254 valence electrons. The summed E-state index contributed by atoms with van der Waals surface area (Å²) in [4.78, 5) is 62.4. The minimum absolute atomic E-state index is 0.127. The SMILES string of the molecule is CCCc1ccccc1.CNC(=O)CNC(=O)C1CN(C(=O)Cc2c[nH]c3cc(Cl)ccc23)CC2CN(C(=O)c3ccc(C#N)cn3)CC21. The van der Waals surface area contributed by atoms with Crippen molar-refractivity contribution in [3.63, 3.8) is 0 Å². The Morgan fingerprint density at radius 1 is 1.02 bits per heavy atom. The van der Waals surface area contributed by atoms with E-state index < -0.39 is 5.92 Å². The van der Waals surface area contributed by atoms with Gasteiger partial charge in [0.2, 0.25) is 17.7 Å². The highest BCUT2D eigenvalue weighted by molar-refractivity contribution is 6.31. The van der Waals surface area contributed by atoms with Crippen LogP contribution in [0.5, 0.6) is 0 Å². The summed E-state index contributed by atoms with van der Waals surface area (Å²) < 4.78 is 0. The van der Waals surface area contributed by atoms with Gasteiger partial charge in [-0.2, -0.15) is 5.26 Å². The van der Waals surface area contributed by atoms with Crippen LogP contribution in [-0.4, -0.2) is 83.2 Å². The summed E-state index contributed by atoms with van der Waals surface area (Å²) in [7, 11) is 1.49. The average molecular weight is 682 g/mol. The van der Waals surface area contributed by atoms with Crippen molar-refractivity contribution in [2.75, 3.05) is 39.8 Å². The van der Waals surface area contributed by atoms with Crippen molar-refractivity contribution in [2.24, 2.45) is 17.8 Å². The van der Waals surface area contributed by atoms with Gasteiger partial charge < -0.3 is 25.4 Å². The van der Waals surface area contributed by atoms with E-state index in [1.807, 2.05) is 12.1 Å². The normalized spacial score (nSPS) is 18.1. The first-order chi connectivity index (χ1) is 23.7. The van der Waals surface area contributed by atoms with E-state index in [0.29, 0.717) is 30.2 Å². The van der Waals surface area contributed by atoms with Gasteiger partial charge in [0.1, 0.15) is 11.8 Å². The number of nitriles is 1. The van der Waals surface area contributed by atoms with Crippen LogP contribution in [-0.2, 0) is 27.2 Å². The Kier molecular flexibility index (Phi) is 11.7. The molecule has 2 aliphatic rings. The van der Waals surface area contributed by atoms with Gasteiger partial charge in [-0.15, -0.1) is 0 Å². The highest BCUT2D eigenvalue weighted by Gasteiger charge is 2.48. The molecule has 0 spiro atoms. The van der Waals surface area contributed by atoms with Crippen LogP contribution in [0.2, 0.25) is 5.02 Å². The number of fused-ring (bicyclic) bond motifs is 2. The number of nitrogens with one attached hydrogen (secondary N) is 3. The van der Waals surface area contributed by atoms with Gasteiger partial charge in [0, 0.05) is 61.5 Å². The summed E-state index contributed by atoms with van der Waals surface area (Å²) in [5.74, 6) is -1.99. The lowest BCUT2D eigenvalue weighted by molar-refractivity contribution is -0.139. The molecule has 4 heterocycles. The Hall–Kier alpha value is -5.21. The Morgan fingerprint density at radius 3 is 2.49 bits per heavy atom. The molecule has 0 aliphatic carbocycles. The Morgan fingerprint density at radius 2 is 1.80 bits per heavy atom. The first kappa shape index (κ1) is 35.1. The van der Waals surface area contributed by atoms with Gasteiger partial charge in [0.05, 0.1) is 24.4 Å². The average Bonchev–Trinajstić information content (AvgIpc) is 3.74. The van der Waals surface area contributed by atoms with E-state index in [-0.39, 0.29) is 60.7 Å². The number of benzene rings is 2. The summed E-state index contributed by atoms with van der Waals surface area (Å²) in [6, 6.07) is 21.1. The van der Waals surface area contributed by atoms with Gasteiger partial charge in [-0.05, 0) is 53.6 Å². The number of hydrogen-bond donors (Lipinski definition) is 3. The van der Waals surface area contributed by atoms with Gasteiger partial charge in [0.15, 0.2) is 0 Å². The number of rotatable bonds is 8. The molecule has 2 aromatic carbocycles. The van der Waals surface area contributed by atoms with Gasteiger partial charge in [-0.3, -0.25) is 19.2 Å². The molecule has 2 aromatic heterocycles. The zero-order valence-corrected chi connectivity index (χ0v) is 28.4. The molecule has 0 bridgehead atoms. The maximum Gasteiger partial charge on any atom is 0.272 e. The number of carbonyl (C=O) groups excluding carboxylic acids is 4. The van der Waals surface area contributed by atoms with Gasteiger partial charge in [-0.25, -0.2) is 4.98 Å². The highest BCUT2D eigenvalue weighted by Crippen LogP contribution is 2.36. The van der Waals surface area contributed by atoms with Crippen LogP contribution in [0.15, 0.2) is 73.1 Å². The number of halogens is 1. The number of aryl methyl sites for hydroxylation is 1. The van der Waals surface area contributed by atoms with E-state index in [1.54, 1.807) is 28.1 Å². The van der Waals surface area contributed by atoms with Crippen molar-refractivity contribution in [1.29, 1.82) is 5.26 Å². The predicted molar refractivity (Wildman–Crippen MR) is 186 cm³/mol. The fraction of sp³-hybridized carbons (Fsp3) is 0.351. The molecule has 0 radical (unpaired) electrons. The number of hydrogen-bond acceptors (Lipinski definition) is 6. The van der Waals surface area contributed by atoms with E-state index in [4.69, 9.17) is 16.9 Å². The first-order valence-corrected chi connectivity index (χ1v) is 16.8. The van der Waals surface area contributed by atoms with Crippen LogP contribution in [0.4, 0.5) is 0 Å². The first-order valence-electron chi connectivity index (χ1n) is 16.4. The largest absolute Gasteiger partial charge is 0.361 e. The summed E-state index contributed by atoms with van der Waals surface area (Å²) in [5.41, 5.74) is 3.67. The van der Waals surface area contributed by atoms with Crippen molar-refractivity contribution in [3.8, 4) is 6.07 Å². The number of likely N-dealkylation sites (tertiary alicyclic amines) is 2. The van der Waals surface area contributed by atoms with Crippen LogP contribution in [0.1, 0.15) is 40.5 Å². The van der Waals surface area contributed by atoms with Gasteiger partial charge in [0.25, 0.3) is 5.91 Å². The second-order valence-corrected chi connectivity index (χ2v) is 12.8. The molecular weight excluding hydrogens is 642 g/mol. The number of aromatic amines is 1. The van der Waals surface area contributed by atoms with E-state index in [0.717, 1.165) is 16.5 Å². The zero-order chi connectivity index (χ0) is 34.9. The minimum Gasteiger partial charge on any atom is -0.361 e. The second-order valence-electron chi connectivity index (χ2n) is 12.4. The summed E-state index contributed by atoms with van der Waals surface area (Å²) in [6.45, 7) is 3.31. The number of pyridine rings is 1. The van der Waals surface area contributed by atoms with Crippen molar-refractivity contribution in [3.05, 3.63) is 100 Å². The van der Waals surface area contributed by atoms with Crippen LogP contribution in [0, 0.1) is 29.1 Å². The molecule has 4 amide bonds. The Balaban J connectivity index is 0.000000452. The van der Waals surface area contributed by atoms with Crippen molar-refractivity contribution < 1.29 is 19.2 Å². The van der Waals surface area contributed by atoms with Crippen LogP contribution >= 0.6 is 11.6 Å². The molecule has 11 nitrogen and oxygen atoms in total. The quantitative estimate of drug-likeness (QED) is 0.256. The molecule has 2 aliphatic heterocycles. The van der Waals surface area contributed by atoms with E-state index >= 15 is 0 Å². The highest BCUT2D eigenvalue weighted by atomic mass is 35.5. The molecule has 3 atom stereocenters. The molecular formula is C37H40ClN7O4. The molecule has 6 rings (SSSR count). The number of likely N-dealkylation sites (N-methyl/N-ethyl adjacent to an activating group) is 1. The third-order valence-corrected chi connectivity index (χ3v) is 9.36. The van der Waals surface area contributed by atoms with Crippen LogP contribution in [0.3, 0.4) is 0 Å². The smallest absolute Gasteiger partial charge is 0.272 e. The standard InChI is InChI=1S/C28H28ClN7O4.C9H12/c1-31-25(37)11-34-27(39)22-15-35(26(38)6-17-10-33-24-7-19(29)3-4-20(17)24)12-18-13-36(14-21(18)22)28(40)23-5-2-16(8-30)9-32-23;1-2-6-9-7-4-3-5-8-9/h2-5,7,9-10,18,21-22,33H,6,11-15H2,1H3,(H,31,37)(H,34,39);3-5,7-8H,2,6H2,1H3. The fourth-order valence-electron chi connectivity index (χ4n) is 6.57. The summed E-state index contributed by atoms with van der Waals surface area (Å²) in [5, 5.41) is 15.7. The molecule has 12 heteroatoms. The number of nitrogens with zero attached hydrogens (tertiary/aromatic N) is 4. The maximum atomic E-state index is 13.5. The third-order valence-electron chi connectivity index (χ3n) is 9.12. The lowest BCUT2D eigenvalue weighted by atomic mass is 9.79. The number of amides is 4. The van der Waals surface area contributed by atoms with Crippen LogP contribution in [0.25, 0.3) is 10.9 Å². The van der Waals surface area contributed by atoms with Crippen molar-refractivity contribution in [2.45, 2.75) is 26.2 Å². The molecule has 4 aromatic rings. The molecule has 3 N–H and O–H groups in total. The monoisotopic (exact) mass is 681 g/mol. The summed E-state index contributed by atoms with van der Waals surface area (Å²) >= 11 is 6.09. The fourth-order valence-corrected chi connectivity index (χ4v) is 6.74. The molecule has 3 unspecified atom stereocenters. The van der Waals surface area contributed by atoms with E-state index in [9.17, 15) is 19.2 Å². The Labute approximate surface area is 290 Å². The van der Waals surface area contributed by atoms with Gasteiger partial charge >= 0.3 is 0 Å². The Bertz CT molecular complexity index is 1840. The lowest BCUT2D eigenvalue weighted by Crippen LogP contribution is -2.54. The molecule has 0 saturated carbocycles. The predicted octanol–water partition coefficient (Wildman–Crippen LogP) is 3.98. The van der Waals surface area contributed by atoms with Crippen LogP contribution < -0.4 is 10.6 Å². The zero-order valence-electron chi connectivity index (χ0n) is 27.6. The van der Waals surface area contributed by atoms with E-state index in [1.165, 1.54) is 43.8 Å².